The monoisotopic (exact) mass is 368 g/mol. The molecule has 0 aliphatic heterocycles. The summed E-state index contributed by atoms with van der Waals surface area (Å²) < 4.78 is 0. The molecule has 3 N–H and O–H groups in total. The van der Waals surface area contributed by atoms with E-state index < -0.39 is 5.91 Å². The third-order valence-corrected chi connectivity index (χ3v) is 4.33. The van der Waals surface area contributed by atoms with E-state index in [-0.39, 0.29) is 12.3 Å². The fourth-order valence-electron chi connectivity index (χ4n) is 1.97. The summed E-state index contributed by atoms with van der Waals surface area (Å²) in [5.41, 5.74) is 2.47. The molecule has 0 spiro atoms. The Morgan fingerprint density at radius 2 is 1.71 bits per heavy atom. The first-order valence-corrected chi connectivity index (χ1v) is 8.60. The Morgan fingerprint density at radius 3 is 2.38 bits per heavy atom. The number of carbonyl (C=O) groups excluding carboxylic acids is 2. The highest BCUT2D eigenvalue weighted by Crippen LogP contribution is 2.27. The van der Waals surface area contributed by atoms with Crippen LogP contribution in [0.2, 0.25) is 5.02 Å². The molecule has 0 aliphatic rings. The molecule has 2 amide bonds. The van der Waals surface area contributed by atoms with Gasteiger partial charge in [-0.3, -0.25) is 14.8 Å². The number of hydroxylamine groups is 1. The van der Waals surface area contributed by atoms with Gasteiger partial charge < -0.3 is 5.32 Å². The molecule has 1 aromatic heterocycles. The predicted octanol–water partition coefficient (Wildman–Crippen LogP) is 3.25. The summed E-state index contributed by atoms with van der Waals surface area (Å²) in [5.74, 6) is -0.552. The van der Waals surface area contributed by atoms with Crippen LogP contribution >= 0.6 is 22.9 Å². The van der Waals surface area contributed by atoms with E-state index in [0.717, 1.165) is 12.0 Å². The summed E-state index contributed by atoms with van der Waals surface area (Å²) in [6.45, 7) is 0. The second kappa shape index (κ2) is 9.31. The van der Waals surface area contributed by atoms with Crippen molar-refractivity contribution in [1.29, 1.82) is 0 Å². The lowest BCUT2D eigenvalue weighted by molar-refractivity contribution is -0.129. The van der Waals surface area contributed by atoms with Crippen molar-refractivity contribution in [2.75, 3.05) is 5.32 Å². The highest BCUT2D eigenvalue weighted by molar-refractivity contribution is 7.18. The number of halogens is 1. The van der Waals surface area contributed by atoms with E-state index in [4.69, 9.17) is 16.8 Å². The smallest absolute Gasteiger partial charge is 0.243 e. The summed E-state index contributed by atoms with van der Waals surface area (Å²) in [4.78, 5) is 22.7. The van der Waals surface area contributed by atoms with Crippen LogP contribution in [0.1, 0.15) is 32.1 Å². The normalized spacial score (nSPS) is 10.4. The van der Waals surface area contributed by atoms with E-state index in [2.05, 4.69) is 15.5 Å². The van der Waals surface area contributed by atoms with E-state index in [1.54, 1.807) is 17.6 Å². The van der Waals surface area contributed by atoms with Gasteiger partial charge in [0.2, 0.25) is 16.9 Å². The van der Waals surface area contributed by atoms with Crippen LogP contribution in [0.4, 0.5) is 5.13 Å². The van der Waals surface area contributed by atoms with Gasteiger partial charge in [0.1, 0.15) is 5.01 Å². The second-order valence-corrected chi connectivity index (χ2v) is 6.48. The number of amides is 2. The zero-order valence-corrected chi connectivity index (χ0v) is 14.4. The van der Waals surface area contributed by atoms with Gasteiger partial charge in [-0.2, -0.15) is 0 Å². The summed E-state index contributed by atoms with van der Waals surface area (Å²) in [7, 11) is 0. The van der Waals surface area contributed by atoms with Crippen molar-refractivity contribution < 1.29 is 14.8 Å². The average molecular weight is 369 g/mol. The van der Waals surface area contributed by atoms with Crippen molar-refractivity contribution in [1.82, 2.24) is 15.7 Å². The van der Waals surface area contributed by atoms with Gasteiger partial charge in [0, 0.05) is 23.4 Å². The van der Waals surface area contributed by atoms with Crippen molar-refractivity contribution in [3.05, 3.63) is 29.3 Å². The Hall–Kier alpha value is -2.03. The highest BCUT2D eigenvalue weighted by Gasteiger charge is 2.09. The minimum absolute atomic E-state index is 0.139. The van der Waals surface area contributed by atoms with Gasteiger partial charge in [-0.15, -0.1) is 10.2 Å². The Balaban J connectivity index is 1.74. The fraction of sp³-hybridized carbons (Fsp3) is 0.333. The molecule has 9 heteroatoms. The topological polar surface area (TPSA) is 104 Å². The van der Waals surface area contributed by atoms with E-state index in [1.165, 1.54) is 11.3 Å². The van der Waals surface area contributed by atoms with Gasteiger partial charge in [-0.1, -0.05) is 41.5 Å². The number of hydrogen-bond donors (Lipinski definition) is 3. The number of aromatic nitrogens is 2. The molecule has 0 radical (unpaired) electrons. The lowest BCUT2D eigenvalue weighted by atomic mass is 10.1. The van der Waals surface area contributed by atoms with Crippen LogP contribution < -0.4 is 10.8 Å². The molecule has 128 valence electrons. The number of carbonyl (C=O) groups is 2. The first kappa shape index (κ1) is 18.3. The van der Waals surface area contributed by atoms with Crippen LogP contribution in [0.5, 0.6) is 0 Å². The molecule has 1 heterocycles. The molecule has 0 aliphatic carbocycles. The fourth-order valence-corrected chi connectivity index (χ4v) is 2.86. The number of rotatable bonds is 8. The third-order valence-electron chi connectivity index (χ3n) is 3.19. The highest BCUT2D eigenvalue weighted by atomic mass is 35.5. The van der Waals surface area contributed by atoms with Crippen LogP contribution in [-0.4, -0.2) is 27.2 Å². The van der Waals surface area contributed by atoms with Crippen LogP contribution in [0.3, 0.4) is 0 Å². The van der Waals surface area contributed by atoms with E-state index in [1.807, 2.05) is 12.1 Å². The molecule has 0 saturated heterocycles. The molecule has 0 bridgehead atoms. The molecule has 0 saturated carbocycles. The number of hydrogen-bond acceptors (Lipinski definition) is 6. The SMILES string of the molecule is O=C(CCCCCC(=O)Nc1nnc(-c2ccc(Cl)cc2)s1)NO. The maximum Gasteiger partial charge on any atom is 0.243 e. The first-order valence-electron chi connectivity index (χ1n) is 7.40. The van der Waals surface area contributed by atoms with Gasteiger partial charge in [0.15, 0.2) is 0 Å². The van der Waals surface area contributed by atoms with Gasteiger partial charge in [-0.05, 0) is 25.0 Å². The number of benzene rings is 1. The average Bonchev–Trinajstić information content (AvgIpc) is 3.03. The summed E-state index contributed by atoms with van der Waals surface area (Å²) in [6, 6.07) is 7.23. The number of anilines is 1. The molecular formula is C15H17ClN4O3S. The zero-order valence-electron chi connectivity index (χ0n) is 12.8. The van der Waals surface area contributed by atoms with Crippen molar-refractivity contribution in [2.45, 2.75) is 32.1 Å². The van der Waals surface area contributed by atoms with Crippen LogP contribution in [-0.2, 0) is 9.59 Å². The molecular weight excluding hydrogens is 352 g/mol. The van der Waals surface area contributed by atoms with Crippen LogP contribution in [0, 0.1) is 0 Å². The summed E-state index contributed by atoms with van der Waals surface area (Å²) >= 11 is 7.14. The van der Waals surface area contributed by atoms with Gasteiger partial charge in [0.05, 0.1) is 0 Å². The largest absolute Gasteiger partial charge is 0.301 e. The van der Waals surface area contributed by atoms with Gasteiger partial charge in [0.25, 0.3) is 0 Å². The van der Waals surface area contributed by atoms with Crippen molar-refractivity contribution in [2.24, 2.45) is 0 Å². The molecule has 0 atom stereocenters. The molecule has 2 rings (SSSR count). The van der Waals surface area contributed by atoms with E-state index >= 15 is 0 Å². The predicted molar refractivity (Wildman–Crippen MR) is 92.0 cm³/mol. The minimum atomic E-state index is -0.414. The quantitative estimate of drug-likeness (QED) is 0.377. The van der Waals surface area contributed by atoms with Gasteiger partial charge in [-0.25, -0.2) is 5.48 Å². The molecule has 1 aromatic carbocycles. The Kier molecular flexibility index (Phi) is 7.10. The van der Waals surface area contributed by atoms with Crippen molar-refractivity contribution >= 4 is 39.9 Å². The third kappa shape index (κ3) is 5.88. The summed E-state index contributed by atoms with van der Waals surface area (Å²) in [5, 5.41) is 20.9. The van der Waals surface area contributed by atoms with Crippen molar-refractivity contribution in [3.63, 3.8) is 0 Å². The molecule has 0 fully saturated rings. The second-order valence-electron chi connectivity index (χ2n) is 5.06. The first-order chi connectivity index (χ1) is 11.6. The maximum atomic E-state index is 11.8. The lowest BCUT2D eigenvalue weighted by Crippen LogP contribution is -2.17. The molecule has 0 unspecified atom stereocenters. The Bertz CT molecular complexity index is 690. The molecule has 24 heavy (non-hydrogen) atoms. The Morgan fingerprint density at radius 1 is 1.04 bits per heavy atom. The maximum absolute atomic E-state index is 11.8. The minimum Gasteiger partial charge on any atom is -0.301 e. The number of unbranched alkanes of at least 4 members (excludes halogenated alkanes) is 2. The van der Waals surface area contributed by atoms with E-state index in [9.17, 15) is 9.59 Å². The zero-order chi connectivity index (χ0) is 17.4. The molecule has 2 aromatic rings. The lowest BCUT2D eigenvalue weighted by Gasteiger charge is -2.01. The standard InChI is InChI=1S/C15H17ClN4O3S/c16-11-8-6-10(7-9-11)14-18-19-15(24-14)17-12(21)4-2-1-3-5-13(22)20-23/h6-9,23H,1-5H2,(H,20,22)(H,17,19,21). The van der Waals surface area contributed by atoms with E-state index in [0.29, 0.717) is 34.4 Å². The van der Waals surface area contributed by atoms with Crippen LogP contribution in [0.25, 0.3) is 10.6 Å². The van der Waals surface area contributed by atoms with Crippen LogP contribution in [0.15, 0.2) is 24.3 Å². The number of nitrogens with one attached hydrogen (secondary N) is 2. The summed E-state index contributed by atoms with van der Waals surface area (Å²) in [6.07, 6.45) is 2.61. The van der Waals surface area contributed by atoms with Gasteiger partial charge >= 0.3 is 0 Å². The Labute approximate surface area is 148 Å². The molecule has 7 nitrogen and oxygen atoms in total. The van der Waals surface area contributed by atoms with Crippen molar-refractivity contribution in [3.8, 4) is 10.6 Å². The number of nitrogens with zero attached hydrogens (tertiary/aromatic N) is 2.